The summed E-state index contributed by atoms with van der Waals surface area (Å²) < 4.78 is 14.1. The van der Waals surface area contributed by atoms with Crippen molar-refractivity contribution in [1.82, 2.24) is 14.8 Å². The Morgan fingerprint density at radius 1 is 1.14 bits per heavy atom. The minimum Gasteiger partial charge on any atom is -0.489 e. The predicted octanol–water partition coefficient (Wildman–Crippen LogP) is 5.74. The first kappa shape index (κ1) is 21.3. The number of rotatable bonds is 10. The monoisotopic (exact) mass is 411 g/mol. The number of benzene rings is 2. The lowest BCUT2D eigenvalue weighted by Gasteiger charge is -2.11. The Bertz CT molecular complexity index is 961. The molecule has 0 amide bonds. The summed E-state index contributed by atoms with van der Waals surface area (Å²) in [6.45, 7) is 9.10. The van der Waals surface area contributed by atoms with Gasteiger partial charge in [0.2, 0.25) is 0 Å². The first-order valence-electron chi connectivity index (χ1n) is 10.1. The summed E-state index contributed by atoms with van der Waals surface area (Å²) in [5, 5.41) is 7.35. The van der Waals surface area contributed by atoms with Crippen molar-refractivity contribution in [3.05, 3.63) is 64.4 Å². The molecule has 0 unspecified atom stereocenters. The highest BCUT2D eigenvalue weighted by molar-refractivity contribution is 7.71. The van der Waals surface area contributed by atoms with Crippen LogP contribution in [0.25, 0.3) is 11.4 Å². The number of nitrogens with one attached hydrogen (secondary N) is 1. The van der Waals surface area contributed by atoms with Crippen molar-refractivity contribution < 1.29 is 9.47 Å². The molecule has 0 atom stereocenters. The van der Waals surface area contributed by atoms with Crippen molar-refractivity contribution >= 4 is 12.2 Å². The molecule has 1 heterocycles. The molecule has 0 spiro atoms. The van der Waals surface area contributed by atoms with Crippen molar-refractivity contribution in [2.75, 3.05) is 13.2 Å². The topological polar surface area (TPSA) is 52.1 Å². The Labute approximate surface area is 177 Å². The minimum atomic E-state index is 0.504. The molecule has 154 valence electrons. The fourth-order valence-electron chi connectivity index (χ4n) is 3.13. The Morgan fingerprint density at radius 2 is 1.93 bits per heavy atom. The van der Waals surface area contributed by atoms with Crippen molar-refractivity contribution in [1.29, 1.82) is 0 Å². The molecule has 2 aromatic carbocycles. The zero-order valence-electron chi connectivity index (χ0n) is 17.4. The molecule has 5 nitrogen and oxygen atoms in total. The molecule has 29 heavy (non-hydrogen) atoms. The van der Waals surface area contributed by atoms with E-state index in [0.717, 1.165) is 42.3 Å². The molecular weight excluding hydrogens is 382 g/mol. The smallest absolute Gasteiger partial charge is 0.195 e. The first-order chi connectivity index (χ1) is 14.1. The van der Waals surface area contributed by atoms with Crippen molar-refractivity contribution in [2.24, 2.45) is 0 Å². The molecule has 0 fully saturated rings. The van der Waals surface area contributed by atoms with Crippen LogP contribution in [0.3, 0.4) is 0 Å². The maximum Gasteiger partial charge on any atom is 0.195 e. The predicted molar refractivity (Wildman–Crippen MR) is 119 cm³/mol. The van der Waals surface area contributed by atoms with Gasteiger partial charge in [-0.1, -0.05) is 44.2 Å². The van der Waals surface area contributed by atoms with E-state index in [1.807, 2.05) is 35.8 Å². The van der Waals surface area contributed by atoms with E-state index in [-0.39, 0.29) is 0 Å². The lowest BCUT2D eigenvalue weighted by atomic mass is 10.0. The van der Waals surface area contributed by atoms with Gasteiger partial charge >= 0.3 is 0 Å². The Kier molecular flexibility index (Phi) is 7.61. The van der Waals surface area contributed by atoms with Crippen LogP contribution in [-0.2, 0) is 17.9 Å². The third-order valence-corrected chi connectivity index (χ3v) is 5.08. The number of H-pyrrole nitrogens is 1. The number of aromatic nitrogens is 3. The number of hydrogen-bond donors (Lipinski definition) is 1. The standard InChI is InChI=1S/C23H29N3O2S/c1-4-27-14-6-13-26-22(24-25-23(26)29)20-8-5-7-18(15-20)16-28-21-11-9-19(10-12-21)17(2)3/h5,7-12,15,17H,4,6,13-14,16H2,1-3H3,(H,25,29). The first-order valence-corrected chi connectivity index (χ1v) is 10.5. The molecule has 0 bridgehead atoms. The molecule has 0 saturated carbocycles. The van der Waals surface area contributed by atoms with Crippen molar-refractivity contribution in [3.63, 3.8) is 0 Å². The second-order valence-electron chi connectivity index (χ2n) is 7.27. The van der Waals surface area contributed by atoms with Gasteiger partial charge in [0.15, 0.2) is 10.6 Å². The normalized spacial score (nSPS) is 11.2. The molecule has 0 aliphatic rings. The second kappa shape index (κ2) is 10.4. The average molecular weight is 412 g/mol. The van der Waals surface area contributed by atoms with E-state index < -0.39 is 0 Å². The van der Waals surface area contributed by atoms with Gasteiger partial charge in [-0.3, -0.25) is 5.10 Å². The molecule has 0 radical (unpaired) electrons. The Balaban J connectivity index is 1.69. The molecule has 1 aromatic heterocycles. The van der Waals surface area contributed by atoms with Gasteiger partial charge in [0.25, 0.3) is 0 Å². The molecular formula is C23H29N3O2S. The Morgan fingerprint density at radius 3 is 2.66 bits per heavy atom. The Hall–Kier alpha value is -2.44. The summed E-state index contributed by atoms with van der Waals surface area (Å²) >= 11 is 5.41. The highest BCUT2D eigenvalue weighted by Crippen LogP contribution is 2.22. The SMILES string of the molecule is CCOCCCn1c(-c2cccc(COc3ccc(C(C)C)cc3)c2)n[nH]c1=S. The van der Waals surface area contributed by atoms with Gasteiger partial charge in [0, 0.05) is 25.3 Å². The van der Waals surface area contributed by atoms with Crippen LogP contribution in [0.2, 0.25) is 0 Å². The summed E-state index contributed by atoms with van der Waals surface area (Å²) in [6.07, 6.45) is 0.893. The van der Waals surface area contributed by atoms with Crippen molar-refractivity contribution in [2.45, 2.75) is 46.3 Å². The lowest BCUT2D eigenvalue weighted by molar-refractivity contribution is 0.141. The van der Waals surface area contributed by atoms with Gasteiger partial charge in [-0.15, -0.1) is 0 Å². The van der Waals surface area contributed by atoms with Gasteiger partial charge < -0.3 is 14.0 Å². The van der Waals surface area contributed by atoms with Crippen LogP contribution in [0.4, 0.5) is 0 Å². The maximum atomic E-state index is 5.97. The third kappa shape index (κ3) is 5.78. The van der Waals surface area contributed by atoms with Crippen LogP contribution in [0.15, 0.2) is 48.5 Å². The lowest BCUT2D eigenvalue weighted by Crippen LogP contribution is -2.05. The van der Waals surface area contributed by atoms with E-state index >= 15 is 0 Å². The fourth-order valence-corrected chi connectivity index (χ4v) is 3.35. The summed E-state index contributed by atoms with van der Waals surface area (Å²) in [6, 6.07) is 16.5. The number of aromatic amines is 1. The van der Waals surface area contributed by atoms with E-state index in [1.165, 1.54) is 5.56 Å². The zero-order chi connectivity index (χ0) is 20.6. The summed E-state index contributed by atoms with van der Waals surface area (Å²) in [7, 11) is 0. The van der Waals surface area contributed by atoms with Crippen LogP contribution < -0.4 is 4.74 Å². The zero-order valence-corrected chi connectivity index (χ0v) is 18.2. The van der Waals surface area contributed by atoms with Crippen LogP contribution in [0.5, 0.6) is 5.75 Å². The molecule has 0 saturated heterocycles. The van der Waals surface area contributed by atoms with Crippen LogP contribution in [0.1, 0.15) is 44.2 Å². The molecule has 6 heteroatoms. The minimum absolute atomic E-state index is 0.504. The summed E-state index contributed by atoms with van der Waals surface area (Å²) in [4.78, 5) is 0. The van der Waals surface area contributed by atoms with Crippen LogP contribution >= 0.6 is 12.2 Å². The van der Waals surface area contributed by atoms with Gasteiger partial charge in [-0.25, -0.2) is 0 Å². The number of nitrogens with zero attached hydrogens (tertiary/aromatic N) is 2. The summed E-state index contributed by atoms with van der Waals surface area (Å²) in [5.41, 5.74) is 3.42. The van der Waals surface area contributed by atoms with Gasteiger partial charge in [0.05, 0.1) is 0 Å². The highest BCUT2D eigenvalue weighted by Gasteiger charge is 2.10. The second-order valence-corrected chi connectivity index (χ2v) is 7.65. The average Bonchev–Trinajstić information content (AvgIpc) is 3.10. The van der Waals surface area contributed by atoms with Gasteiger partial charge in [-0.2, -0.15) is 5.10 Å². The number of ether oxygens (including phenoxy) is 2. The fraction of sp³-hybridized carbons (Fsp3) is 0.391. The van der Waals surface area contributed by atoms with E-state index in [0.29, 0.717) is 23.9 Å². The van der Waals surface area contributed by atoms with Gasteiger partial charge in [-0.05, 0) is 60.8 Å². The highest BCUT2D eigenvalue weighted by atomic mass is 32.1. The van der Waals surface area contributed by atoms with Crippen molar-refractivity contribution in [3.8, 4) is 17.1 Å². The quantitative estimate of drug-likeness (QED) is 0.342. The summed E-state index contributed by atoms with van der Waals surface area (Å²) in [5.74, 6) is 2.23. The number of hydrogen-bond acceptors (Lipinski definition) is 4. The van der Waals surface area contributed by atoms with Crippen LogP contribution in [-0.4, -0.2) is 28.0 Å². The van der Waals surface area contributed by atoms with Crippen LogP contribution in [0, 0.1) is 4.77 Å². The molecule has 0 aliphatic carbocycles. The molecule has 3 aromatic rings. The van der Waals surface area contributed by atoms with Gasteiger partial charge in [0.1, 0.15) is 12.4 Å². The van der Waals surface area contributed by atoms with E-state index in [1.54, 1.807) is 0 Å². The molecule has 3 rings (SSSR count). The largest absolute Gasteiger partial charge is 0.489 e. The molecule has 0 aliphatic heterocycles. The van der Waals surface area contributed by atoms with E-state index in [9.17, 15) is 0 Å². The molecule has 1 N–H and O–H groups in total. The van der Waals surface area contributed by atoms with E-state index in [2.05, 4.69) is 48.3 Å². The van der Waals surface area contributed by atoms with E-state index in [4.69, 9.17) is 21.7 Å². The third-order valence-electron chi connectivity index (χ3n) is 4.77. The maximum absolute atomic E-state index is 5.97.